The summed E-state index contributed by atoms with van der Waals surface area (Å²) < 4.78 is 7.37. The number of morpholine rings is 1. The molecule has 1 fully saturated rings. The van der Waals surface area contributed by atoms with Crippen LogP contribution in [0.4, 0.5) is 17.6 Å². The van der Waals surface area contributed by atoms with Crippen LogP contribution in [-0.4, -0.2) is 56.5 Å². The lowest BCUT2D eigenvalue weighted by Crippen LogP contribution is -2.37. The van der Waals surface area contributed by atoms with Crippen molar-refractivity contribution in [2.45, 2.75) is 12.8 Å². The van der Waals surface area contributed by atoms with Gasteiger partial charge in [0.25, 0.3) is 0 Å². The van der Waals surface area contributed by atoms with Gasteiger partial charge in [-0.15, -0.1) is 0 Å². The first-order chi connectivity index (χ1) is 13.2. The zero-order valence-electron chi connectivity index (χ0n) is 14.6. The number of nitrogens with one attached hydrogen (secondary N) is 1. The second kappa shape index (κ2) is 6.16. The monoisotopic (exact) mass is 366 g/mol. The fourth-order valence-corrected chi connectivity index (χ4v) is 3.41. The van der Waals surface area contributed by atoms with Gasteiger partial charge in [0, 0.05) is 50.1 Å². The number of aromatic nitrogens is 5. The minimum absolute atomic E-state index is 0.00796. The molecule has 0 spiro atoms. The quantitative estimate of drug-likeness (QED) is 0.672. The molecule has 0 aromatic carbocycles. The molecule has 0 saturated carbocycles. The molecular formula is C17H18N8O2. The third-order valence-corrected chi connectivity index (χ3v) is 4.79. The molecule has 0 unspecified atom stereocenters. The van der Waals surface area contributed by atoms with Gasteiger partial charge in [0.05, 0.1) is 24.6 Å². The molecule has 5 rings (SSSR count). The van der Waals surface area contributed by atoms with Gasteiger partial charge in [-0.1, -0.05) is 0 Å². The Bertz CT molecular complexity index is 1020. The van der Waals surface area contributed by atoms with Crippen molar-refractivity contribution in [3.05, 3.63) is 24.3 Å². The lowest BCUT2D eigenvalue weighted by molar-refractivity contribution is -0.116. The van der Waals surface area contributed by atoms with Crippen molar-refractivity contribution >= 4 is 29.1 Å². The van der Waals surface area contributed by atoms with Crippen molar-refractivity contribution in [1.29, 1.82) is 0 Å². The second-order valence-corrected chi connectivity index (χ2v) is 6.53. The molecule has 138 valence electrons. The van der Waals surface area contributed by atoms with Crippen LogP contribution in [0, 0.1) is 0 Å². The number of nitrogens with zero attached hydrogens (tertiary/aromatic N) is 6. The summed E-state index contributed by atoms with van der Waals surface area (Å²) in [6.45, 7) is 2.74. The number of nitrogens with two attached hydrogens (primary N) is 1. The second-order valence-electron chi connectivity index (χ2n) is 6.53. The predicted molar refractivity (Wildman–Crippen MR) is 98.4 cm³/mol. The Hall–Kier alpha value is -3.27. The molecule has 3 aromatic rings. The van der Waals surface area contributed by atoms with Crippen molar-refractivity contribution in [3.63, 3.8) is 0 Å². The fourth-order valence-electron chi connectivity index (χ4n) is 3.41. The molecule has 3 aromatic heterocycles. The van der Waals surface area contributed by atoms with Crippen molar-refractivity contribution in [2.24, 2.45) is 0 Å². The fraction of sp³-hybridized carbons (Fsp3) is 0.353. The number of imidazole rings is 1. The molecular weight excluding hydrogens is 348 g/mol. The SMILES string of the molecule is Nc1ncc(-c2cn3c4c(nc3c(N3CCOCC3)n2)CCC(=O)N4)cn1. The molecule has 5 heterocycles. The standard InChI is InChI=1S/C17H18N8O2/c18-17-19-7-10(8-20-17)12-9-25-14-11(1-2-13(26)23-14)21-16(25)15(22-12)24-3-5-27-6-4-24/h7-9H,1-6H2,(H,23,26)(H2,18,19,20). The summed E-state index contributed by atoms with van der Waals surface area (Å²) in [5, 5.41) is 2.94. The number of fused-ring (bicyclic) bond motifs is 3. The number of ether oxygens (including phenoxy) is 1. The van der Waals surface area contributed by atoms with Crippen molar-refractivity contribution in [1.82, 2.24) is 24.3 Å². The van der Waals surface area contributed by atoms with Crippen LogP contribution < -0.4 is 16.0 Å². The van der Waals surface area contributed by atoms with E-state index in [1.54, 1.807) is 12.4 Å². The van der Waals surface area contributed by atoms with E-state index in [-0.39, 0.29) is 11.9 Å². The summed E-state index contributed by atoms with van der Waals surface area (Å²) in [5.41, 5.74) is 8.63. The Kier molecular flexibility index (Phi) is 3.64. The van der Waals surface area contributed by atoms with Gasteiger partial charge >= 0.3 is 0 Å². The number of carbonyl (C=O) groups excluding carboxylic acids is 1. The van der Waals surface area contributed by atoms with Crippen LogP contribution in [0.2, 0.25) is 0 Å². The maximum Gasteiger partial charge on any atom is 0.225 e. The Labute approximate surface area is 154 Å². The average molecular weight is 366 g/mol. The van der Waals surface area contributed by atoms with Crippen LogP contribution in [0.25, 0.3) is 16.9 Å². The van der Waals surface area contributed by atoms with E-state index >= 15 is 0 Å². The number of anilines is 3. The zero-order valence-corrected chi connectivity index (χ0v) is 14.6. The summed E-state index contributed by atoms with van der Waals surface area (Å²) in [6.07, 6.45) is 6.19. The lowest BCUT2D eigenvalue weighted by Gasteiger charge is -2.28. The number of amides is 1. The van der Waals surface area contributed by atoms with Gasteiger partial charge in [-0.3, -0.25) is 9.20 Å². The normalized spacial score (nSPS) is 17.0. The Balaban J connectivity index is 1.72. The largest absolute Gasteiger partial charge is 0.378 e. The van der Waals surface area contributed by atoms with Crippen molar-refractivity contribution < 1.29 is 9.53 Å². The smallest absolute Gasteiger partial charge is 0.225 e. The number of hydrogen-bond acceptors (Lipinski definition) is 8. The molecule has 2 aliphatic heterocycles. The third-order valence-electron chi connectivity index (χ3n) is 4.79. The lowest BCUT2D eigenvalue weighted by atomic mass is 10.2. The van der Waals surface area contributed by atoms with E-state index in [9.17, 15) is 4.79 Å². The van der Waals surface area contributed by atoms with E-state index in [0.717, 1.165) is 35.8 Å². The van der Waals surface area contributed by atoms with E-state index in [0.29, 0.717) is 37.6 Å². The highest BCUT2D eigenvalue weighted by atomic mass is 16.5. The topological polar surface area (TPSA) is 124 Å². The summed E-state index contributed by atoms with van der Waals surface area (Å²) in [4.78, 5) is 31.8. The van der Waals surface area contributed by atoms with E-state index in [1.807, 2.05) is 10.6 Å². The number of nitrogen functional groups attached to an aromatic ring is 1. The Morgan fingerprint density at radius 2 is 1.89 bits per heavy atom. The van der Waals surface area contributed by atoms with Gasteiger partial charge in [-0.25, -0.2) is 19.9 Å². The molecule has 2 aliphatic rings. The van der Waals surface area contributed by atoms with E-state index < -0.39 is 0 Å². The highest BCUT2D eigenvalue weighted by Gasteiger charge is 2.25. The highest BCUT2D eigenvalue weighted by Crippen LogP contribution is 2.31. The first-order valence-corrected chi connectivity index (χ1v) is 8.81. The van der Waals surface area contributed by atoms with Crippen molar-refractivity contribution in [2.75, 3.05) is 42.3 Å². The van der Waals surface area contributed by atoms with Gasteiger partial charge < -0.3 is 20.7 Å². The zero-order chi connectivity index (χ0) is 18.4. The average Bonchev–Trinajstić information content (AvgIpc) is 3.06. The van der Waals surface area contributed by atoms with Crippen LogP contribution in [0.1, 0.15) is 12.1 Å². The van der Waals surface area contributed by atoms with Gasteiger partial charge in [0.2, 0.25) is 11.9 Å². The van der Waals surface area contributed by atoms with Crippen molar-refractivity contribution in [3.8, 4) is 11.3 Å². The Morgan fingerprint density at radius 3 is 2.67 bits per heavy atom. The summed E-state index contributed by atoms with van der Waals surface area (Å²) >= 11 is 0. The molecule has 0 atom stereocenters. The molecule has 0 aliphatic carbocycles. The maximum atomic E-state index is 11.9. The van der Waals surface area contributed by atoms with Gasteiger partial charge in [0.15, 0.2) is 11.5 Å². The first kappa shape index (κ1) is 15.9. The van der Waals surface area contributed by atoms with Crippen LogP contribution in [0.15, 0.2) is 18.6 Å². The number of aryl methyl sites for hydroxylation is 1. The number of carbonyl (C=O) groups is 1. The van der Waals surface area contributed by atoms with Crippen LogP contribution in [0.5, 0.6) is 0 Å². The van der Waals surface area contributed by atoms with Crippen LogP contribution in [0.3, 0.4) is 0 Å². The molecule has 27 heavy (non-hydrogen) atoms. The van der Waals surface area contributed by atoms with E-state index in [4.69, 9.17) is 20.4 Å². The van der Waals surface area contributed by atoms with E-state index in [2.05, 4.69) is 20.2 Å². The molecule has 1 amide bonds. The molecule has 10 heteroatoms. The molecule has 3 N–H and O–H groups in total. The third kappa shape index (κ3) is 2.74. The predicted octanol–water partition coefficient (Wildman–Crippen LogP) is 0.490. The minimum Gasteiger partial charge on any atom is -0.378 e. The summed E-state index contributed by atoms with van der Waals surface area (Å²) in [5.74, 6) is 1.67. The van der Waals surface area contributed by atoms with Gasteiger partial charge in [0.1, 0.15) is 5.82 Å². The summed E-state index contributed by atoms with van der Waals surface area (Å²) in [7, 11) is 0. The van der Waals surface area contributed by atoms with Gasteiger partial charge in [-0.2, -0.15) is 0 Å². The first-order valence-electron chi connectivity index (χ1n) is 8.81. The van der Waals surface area contributed by atoms with E-state index in [1.165, 1.54) is 0 Å². The maximum absolute atomic E-state index is 11.9. The number of hydrogen-bond donors (Lipinski definition) is 2. The Morgan fingerprint density at radius 1 is 1.11 bits per heavy atom. The number of rotatable bonds is 2. The molecule has 1 saturated heterocycles. The minimum atomic E-state index is -0.00796. The molecule has 0 radical (unpaired) electrons. The highest BCUT2D eigenvalue weighted by molar-refractivity contribution is 5.94. The molecule has 0 bridgehead atoms. The summed E-state index contributed by atoms with van der Waals surface area (Å²) in [6, 6.07) is 0. The molecule has 10 nitrogen and oxygen atoms in total. The van der Waals surface area contributed by atoms with Crippen LogP contribution >= 0.6 is 0 Å². The van der Waals surface area contributed by atoms with Crippen LogP contribution in [-0.2, 0) is 16.0 Å². The van der Waals surface area contributed by atoms with Gasteiger partial charge in [-0.05, 0) is 0 Å².